The normalized spacial score (nSPS) is 12.5. The molecule has 1 atom stereocenters. The minimum Gasteiger partial charge on any atom is -0.351 e. The van der Waals surface area contributed by atoms with Crippen molar-refractivity contribution in [1.82, 2.24) is 25.9 Å². The number of nitrogens with one attached hydrogen (secondary N) is 3. The first-order valence-electron chi connectivity index (χ1n) is 14.8. The summed E-state index contributed by atoms with van der Waals surface area (Å²) < 4.78 is 80.0. The number of alkyl halides is 6. The zero-order valence-corrected chi connectivity index (χ0v) is 25.2. The van der Waals surface area contributed by atoms with Crippen LogP contribution in [0.1, 0.15) is 56.8 Å². The molecule has 1 amide bonds. The number of amides is 1. The van der Waals surface area contributed by atoms with Crippen LogP contribution in [0.25, 0.3) is 0 Å². The number of pyridine rings is 2. The first-order valence-corrected chi connectivity index (χ1v) is 14.8. The van der Waals surface area contributed by atoms with Crippen LogP contribution in [-0.2, 0) is 43.3 Å². The molecule has 0 spiro atoms. The van der Waals surface area contributed by atoms with Crippen molar-refractivity contribution >= 4 is 11.7 Å². The highest BCUT2D eigenvalue weighted by Gasteiger charge is 2.37. The van der Waals surface area contributed by atoms with Crippen LogP contribution in [-0.4, -0.2) is 28.2 Å². The van der Waals surface area contributed by atoms with E-state index in [0.717, 1.165) is 17.0 Å². The van der Waals surface area contributed by atoms with Gasteiger partial charge in [-0.25, -0.2) is 0 Å². The summed E-state index contributed by atoms with van der Waals surface area (Å²) in [6, 6.07) is 18.8. The standard InChI is InChI=1S/C34H33F6N5O2/c35-33(36,37)26-16-24(17-27(18-26)34(38,39)40)20-45-32(47)30(8-5-13-41-21-28-6-1-3-14-43-28)31(46)25-11-9-23(10-12-25)19-42-22-29-7-2-4-15-44-29/h1-4,6-7,9-12,14-18,30,41-42H,5,8,13,19-22H2,(H,45,47)/t30-/m0/s1. The van der Waals surface area contributed by atoms with Crippen LogP contribution >= 0.6 is 0 Å². The van der Waals surface area contributed by atoms with Gasteiger partial charge >= 0.3 is 12.4 Å². The molecule has 0 fully saturated rings. The number of carbonyl (C=O) groups excluding carboxylic acids is 2. The minimum absolute atomic E-state index is 0.0212. The average Bonchev–Trinajstić information content (AvgIpc) is 3.05. The topological polar surface area (TPSA) is 96.0 Å². The van der Waals surface area contributed by atoms with Gasteiger partial charge in [-0.05, 0) is 73.0 Å². The molecule has 13 heteroatoms. The maximum Gasteiger partial charge on any atom is 0.416 e. The molecule has 0 saturated carbocycles. The molecule has 2 aromatic heterocycles. The Labute approximate surface area is 267 Å². The molecule has 47 heavy (non-hydrogen) atoms. The number of rotatable bonds is 15. The van der Waals surface area contributed by atoms with E-state index in [9.17, 15) is 35.9 Å². The molecule has 2 heterocycles. The van der Waals surface area contributed by atoms with E-state index in [1.165, 1.54) is 0 Å². The fourth-order valence-electron chi connectivity index (χ4n) is 4.79. The molecule has 3 N–H and O–H groups in total. The van der Waals surface area contributed by atoms with Gasteiger partial charge in [-0.1, -0.05) is 36.4 Å². The van der Waals surface area contributed by atoms with Gasteiger partial charge in [-0.2, -0.15) is 26.3 Å². The van der Waals surface area contributed by atoms with E-state index in [4.69, 9.17) is 0 Å². The summed E-state index contributed by atoms with van der Waals surface area (Å²) in [5.74, 6) is -2.54. The molecule has 0 aliphatic rings. The summed E-state index contributed by atoms with van der Waals surface area (Å²) >= 11 is 0. The lowest BCUT2D eigenvalue weighted by Gasteiger charge is -2.18. The predicted molar refractivity (Wildman–Crippen MR) is 163 cm³/mol. The van der Waals surface area contributed by atoms with Crippen molar-refractivity contribution < 1.29 is 35.9 Å². The van der Waals surface area contributed by atoms with E-state index in [1.54, 1.807) is 42.7 Å². The van der Waals surface area contributed by atoms with E-state index in [1.807, 2.05) is 30.3 Å². The van der Waals surface area contributed by atoms with Crippen LogP contribution in [0.4, 0.5) is 26.3 Å². The summed E-state index contributed by atoms with van der Waals surface area (Å²) in [5, 5.41) is 8.82. The second-order valence-corrected chi connectivity index (χ2v) is 10.8. The number of hydrogen-bond acceptors (Lipinski definition) is 6. The molecule has 0 unspecified atom stereocenters. The molecule has 7 nitrogen and oxygen atoms in total. The molecule has 0 bridgehead atoms. The van der Waals surface area contributed by atoms with E-state index < -0.39 is 53.2 Å². The number of carbonyl (C=O) groups is 2. The van der Waals surface area contributed by atoms with E-state index in [2.05, 4.69) is 25.9 Å². The van der Waals surface area contributed by atoms with Crippen molar-refractivity contribution in [3.8, 4) is 0 Å². The van der Waals surface area contributed by atoms with Crippen LogP contribution in [0.5, 0.6) is 0 Å². The molecule has 4 rings (SSSR count). The Morgan fingerprint density at radius 1 is 0.660 bits per heavy atom. The predicted octanol–water partition coefficient (Wildman–Crippen LogP) is 6.49. The lowest BCUT2D eigenvalue weighted by atomic mass is 9.91. The first kappa shape index (κ1) is 35.2. The van der Waals surface area contributed by atoms with Gasteiger partial charge in [0.1, 0.15) is 5.92 Å². The van der Waals surface area contributed by atoms with Crippen LogP contribution in [0.3, 0.4) is 0 Å². The fourth-order valence-corrected chi connectivity index (χ4v) is 4.79. The van der Waals surface area contributed by atoms with E-state index >= 15 is 0 Å². The summed E-state index contributed by atoms with van der Waals surface area (Å²) in [6.07, 6.45) is -6.24. The SMILES string of the molecule is O=C(NCc1cc(C(F)(F)F)cc(C(F)(F)F)c1)[C@@H](CCCNCc1ccccn1)C(=O)c1ccc(CNCc2ccccn2)cc1. The Morgan fingerprint density at radius 3 is 1.77 bits per heavy atom. The highest BCUT2D eigenvalue weighted by atomic mass is 19.4. The maximum absolute atomic E-state index is 13.6. The van der Waals surface area contributed by atoms with Crippen LogP contribution in [0.2, 0.25) is 0 Å². The molecule has 0 radical (unpaired) electrons. The monoisotopic (exact) mass is 657 g/mol. The minimum atomic E-state index is -5.03. The Hall–Kier alpha value is -4.62. The number of ketones is 1. The van der Waals surface area contributed by atoms with E-state index in [-0.39, 0.29) is 18.1 Å². The van der Waals surface area contributed by atoms with Crippen molar-refractivity contribution in [2.45, 2.75) is 51.4 Å². The van der Waals surface area contributed by atoms with Gasteiger partial charge in [0, 0.05) is 44.1 Å². The molecular weight excluding hydrogens is 624 g/mol. The van der Waals surface area contributed by atoms with Crippen molar-refractivity contribution in [3.63, 3.8) is 0 Å². The zero-order chi connectivity index (χ0) is 33.9. The summed E-state index contributed by atoms with van der Waals surface area (Å²) in [4.78, 5) is 35.3. The largest absolute Gasteiger partial charge is 0.416 e. The van der Waals surface area contributed by atoms with Crippen molar-refractivity contribution in [2.75, 3.05) is 6.54 Å². The third-order valence-electron chi connectivity index (χ3n) is 7.23. The molecule has 0 aliphatic carbocycles. The Kier molecular flexibility index (Phi) is 12.2. The third-order valence-corrected chi connectivity index (χ3v) is 7.23. The molecule has 0 aliphatic heterocycles. The second kappa shape index (κ2) is 16.3. The van der Waals surface area contributed by atoms with Crippen molar-refractivity contribution in [3.05, 3.63) is 130 Å². The van der Waals surface area contributed by atoms with Gasteiger partial charge in [-0.3, -0.25) is 19.6 Å². The Bertz CT molecular complexity index is 1570. The van der Waals surface area contributed by atoms with Gasteiger partial charge < -0.3 is 16.0 Å². The first-order chi connectivity index (χ1) is 22.4. The Balaban J connectivity index is 1.43. The number of halogens is 6. The molecule has 0 saturated heterocycles. The summed E-state index contributed by atoms with van der Waals surface area (Å²) in [5.41, 5.74) is -0.586. The number of nitrogens with zero attached hydrogens (tertiary/aromatic N) is 2. The number of benzene rings is 2. The number of Topliss-reactive ketones (excluding diaryl/α,β-unsaturated/α-hetero) is 1. The third kappa shape index (κ3) is 11.0. The Morgan fingerprint density at radius 2 is 1.23 bits per heavy atom. The molecule has 2 aromatic carbocycles. The van der Waals surface area contributed by atoms with Crippen LogP contribution in [0, 0.1) is 5.92 Å². The van der Waals surface area contributed by atoms with Gasteiger partial charge in [0.05, 0.1) is 22.5 Å². The highest BCUT2D eigenvalue weighted by molar-refractivity contribution is 6.10. The summed E-state index contributed by atoms with van der Waals surface area (Å²) in [6.45, 7) is 1.28. The molecule has 4 aromatic rings. The smallest absolute Gasteiger partial charge is 0.351 e. The molecule has 248 valence electrons. The summed E-state index contributed by atoms with van der Waals surface area (Å²) in [7, 11) is 0. The second-order valence-electron chi connectivity index (χ2n) is 10.8. The molecular formula is C34H33F6N5O2. The van der Waals surface area contributed by atoms with Gasteiger partial charge in [-0.15, -0.1) is 0 Å². The maximum atomic E-state index is 13.6. The quantitative estimate of drug-likeness (QED) is 0.0586. The highest BCUT2D eigenvalue weighted by Crippen LogP contribution is 2.36. The van der Waals surface area contributed by atoms with Gasteiger partial charge in [0.25, 0.3) is 0 Å². The van der Waals surface area contributed by atoms with Crippen LogP contribution < -0.4 is 16.0 Å². The van der Waals surface area contributed by atoms with Gasteiger partial charge in [0.2, 0.25) is 5.91 Å². The van der Waals surface area contributed by atoms with Crippen molar-refractivity contribution in [2.24, 2.45) is 5.92 Å². The lowest BCUT2D eigenvalue weighted by molar-refractivity contribution is -0.143. The van der Waals surface area contributed by atoms with Crippen LogP contribution in [0.15, 0.2) is 91.3 Å². The van der Waals surface area contributed by atoms with Crippen molar-refractivity contribution in [1.29, 1.82) is 0 Å². The van der Waals surface area contributed by atoms with E-state index in [0.29, 0.717) is 44.7 Å². The zero-order valence-electron chi connectivity index (χ0n) is 25.2. The number of aromatic nitrogens is 2. The van der Waals surface area contributed by atoms with Gasteiger partial charge in [0.15, 0.2) is 5.78 Å². The average molecular weight is 658 g/mol. The fraction of sp³-hybridized carbons (Fsp3) is 0.294. The number of hydrogen-bond donors (Lipinski definition) is 3. The lowest BCUT2D eigenvalue weighted by Crippen LogP contribution is -2.36.